The van der Waals surface area contributed by atoms with E-state index in [1.54, 1.807) is 36.8 Å². The van der Waals surface area contributed by atoms with Crippen LogP contribution in [0.5, 0.6) is 5.75 Å². The van der Waals surface area contributed by atoms with Crippen LogP contribution in [0.4, 0.5) is 5.13 Å². The van der Waals surface area contributed by atoms with Crippen molar-refractivity contribution in [3.63, 3.8) is 0 Å². The van der Waals surface area contributed by atoms with E-state index in [1.165, 1.54) is 0 Å². The minimum atomic E-state index is -4.18. The Hall–Kier alpha value is -2.92. The lowest BCUT2D eigenvalue weighted by Crippen LogP contribution is -2.29. The molecular formula is C14H12N4O5S2. The number of hydrogen-bond acceptors (Lipinski definition) is 7. The third-order valence-electron chi connectivity index (χ3n) is 3.19. The molecule has 0 bridgehead atoms. The first-order valence-electron chi connectivity index (χ1n) is 6.84. The maximum atomic E-state index is 12.3. The normalized spacial score (nSPS) is 11.2. The molecule has 3 aromatic rings. The van der Waals surface area contributed by atoms with Crippen molar-refractivity contribution in [3.05, 3.63) is 56.7 Å². The summed E-state index contributed by atoms with van der Waals surface area (Å²) in [7, 11) is -2.62. The molecule has 9 nitrogen and oxygen atoms in total. The van der Waals surface area contributed by atoms with Gasteiger partial charge in [-0.05, 0) is 24.3 Å². The quantitative estimate of drug-likeness (QED) is 0.604. The second kappa shape index (κ2) is 6.53. The molecule has 3 N–H and O–H groups in total. The number of methoxy groups -OCH3 is 1. The smallest absolute Gasteiger partial charge is 0.325 e. The van der Waals surface area contributed by atoms with Gasteiger partial charge in [0.25, 0.3) is 15.6 Å². The van der Waals surface area contributed by atoms with Crippen LogP contribution in [-0.4, -0.2) is 30.5 Å². The molecule has 130 valence electrons. The van der Waals surface area contributed by atoms with Gasteiger partial charge in [-0.1, -0.05) is 0 Å². The molecule has 0 saturated heterocycles. The fourth-order valence-corrected chi connectivity index (χ4v) is 3.96. The van der Waals surface area contributed by atoms with E-state index in [0.29, 0.717) is 11.4 Å². The monoisotopic (exact) mass is 380 g/mol. The van der Waals surface area contributed by atoms with Crippen LogP contribution in [0.25, 0.3) is 11.3 Å². The second-order valence-corrected chi connectivity index (χ2v) is 7.32. The SMILES string of the molecule is COc1ccc(-c2csc(NS(=O)(=O)c3c[nH]c(=O)[nH]c3=O)n2)cc1. The van der Waals surface area contributed by atoms with E-state index in [0.717, 1.165) is 23.1 Å². The summed E-state index contributed by atoms with van der Waals surface area (Å²) in [5, 5.41) is 1.77. The predicted octanol–water partition coefficient (Wildman–Crippen LogP) is 0.996. The molecular weight excluding hydrogens is 368 g/mol. The van der Waals surface area contributed by atoms with Gasteiger partial charge < -0.3 is 9.72 Å². The van der Waals surface area contributed by atoms with E-state index in [2.05, 4.69) is 14.7 Å². The van der Waals surface area contributed by atoms with Gasteiger partial charge in [-0.15, -0.1) is 11.3 Å². The van der Waals surface area contributed by atoms with Crippen molar-refractivity contribution in [3.8, 4) is 17.0 Å². The highest BCUT2D eigenvalue weighted by Crippen LogP contribution is 2.27. The van der Waals surface area contributed by atoms with Gasteiger partial charge in [0, 0.05) is 17.1 Å². The van der Waals surface area contributed by atoms with Crippen molar-refractivity contribution in [1.29, 1.82) is 0 Å². The van der Waals surface area contributed by atoms with Crippen molar-refractivity contribution < 1.29 is 13.2 Å². The summed E-state index contributed by atoms with van der Waals surface area (Å²) in [5.41, 5.74) is -0.451. The number of ether oxygens (including phenoxy) is 1. The van der Waals surface area contributed by atoms with E-state index >= 15 is 0 Å². The minimum absolute atomic E-state index is 0.0939. The van der Waals surface area contributed by atoms with Crippen LogP contribution in [0.15, 0.2) is 50.3 Å². The first-order chi connectivity index (χ1) is 11.9. The van der Waals surface area contributed by atoms with E-state index in [9.17, 15) is 18.0 Å². The van der Waals surface area contributed by atoms with E-state index in [4.69, 9.17) is 4.74 Å². The van der Waals surface area contributed by atoms with E-state index in [1.807, 2.05) is 4.98 Å². The maximum absolute atomic E-state index is 12.3. The number of H-pyrrole nitrogens is 2. The van der Waals surface area contributed by atoms with Gasteiger partial charge in [0.15, 0.2) is 10.0 Å². The standard InChI is InChI=1S/C14H12N4O5S2/c1-23-9-4-2-8(3-5-9)10-7-24-14(16-10)18-25(21,22)11-6-15-13(20)17-12(11)19/h2-7H,1H3,(H,16,18)(H2,15,17,19,20). The van der Waals surface area contributed by atoms with Gasteiger partial charge in [-0.2, -0.15) is 0 Å². The van der Waals surface area contributed by atoms with Crippen molar-refractivity contribution >= 4 is 26.5 Å². The highest BCUT2D eigenvalue weighted by atomic mass is 32.2. The summed E-state index contributed by atoms with van der Waals surface area (Å²) in [6.07, 6.45) is 0.835. The average Bonchev–Trinajstić information content (AvgIpc) is 3.02. The number of sulfonamides is 1. The van der Waals surface area contributed by atoms with Crippen molar-refractivity contribution in [2.75, 3.05) is 11.8 Å². The number of anilines is 1. The minimum Gasteiger partial charge on any atom is -0.497 e. The van der Waals surface area contributed by atoms with Crippen LogP contribution in [0.3, 0.4) is 0 Å². The van der Waals surface area contributed by atoms with Gasteiger partial charge in [-0.3, -0.25) is 14.5 Å². The zero-order valence-corrected chi connectivity index (χ0v) is 14.4. The first kappa shape index (κ1) is 16.9. The highest BCUT2D eigenvalue weighted by Gasteiger charge is 2.20. The predicted molar refractivity (Wildman–Crippen MR) is 92.6 cm³/mol. The Morgan fingerprint density at radius 3 is 2.56 bits per heavy atom. The maximum Gasteiger partial charge on any atom is 0.325 e. The molecule has 0 fully saturated rings. The van der Waals surface area contributed by atoms with Crippen LogP contribution < -0.4 is 20.7 Å². The number of nitrogens with zero attached hydrogens (tertiary/aromatic N) is 1. The van der Waals surface area contributed by atoms with Gasteiger partial charge in [-0.25, -0.2) is 18.2 Å². The average molecular weight is 380 g/mol. The van der Waals surface area contributed by atoms with Crippen molar-refractivity contribution in [2.24, 2.45) is 0 Å². The lowest BCUT2D eigenvalue weighted by molar-refractivity contribution is 0.415. The van der Waals surface area contributed by atoms with Gasteiger partial charge in [0.05, 0.1) is 12.8 Å². The Kier molecular flexibility index (Phi) is 4.42. The molecule has 25 heavy (non-hydrogen) atoms. The number of hydrogen-bond donors (Lipinski definition) is 3. The topological polar surface area (TPSA) is 134 Å². The summed E-state index contributed by atoms with van der Waals surface area (Å²) < 4.78 is 31.8. The van der Waals surface area contributed by atoms with Crippen molar-refractivity contribution in [2.45, 2.75) is 4.90 Å². The zero-order valence-electron chi connectivity index (χ0n) is 12.8. The Labute approximate surface area is 145 Å². The summed E-state index contributed by atoms with van der Waals surface area (Å²) in [6.45, 7) is 0. The molecule has 0 amide bonds. The molecule has 0 aliphatic rings. The number of aromatic amines is 2. The lowest BCUT2D eigenvalue weighted by Gasteiger charge is -2.03. The zero-order chi connectivity index (χ0) is 18.0. The Morgan fingerprint density at radius 1 is 1.20 bits per heavy atom. The Morgan fingerprint density at radius 2 is 1.92 bits per heavy atom. The molecule has 2 aromatic heterocycles. The van der Waals surface area contributed by atoms with Crippen LogP contribution in [0.1, 0.15) is 0 Å². The number of rotatable bonds is 5. The number of nitrogens with one attached hydrogen (secondary N) is 3. The highest BCUT2D eigenvalue weighted by molar-refractivity contribution is 7.92. The first-order valence-corrected chi connectivity index (χ1v) is 9.20. The molecule has 3 rings (SSSR count). The Balaban J connectivity index is 1.87. The Bertz CT molecular complexity index is 1110. The van der Waals surface area contributed by atoms with Crippen molar-refractivity contribution in [1.82, 2.24) is 15.0 Å². The number of thiazole rings is 1. The summed E-state index contributed by atoms with van der Waals surface area (Å²) >= 11 is 1.07. The molecule has 0 aliphatic heterocycles. The molecule has 0 radical (unpaired) electrons. The van der Waals surface area contributed by atoms with Crippen LogP contribution >= 0.6 is 11.3 Å². The number of benzene rings is 1. The molecule has 0 aliphatic carbocycles. The third-order valence-corrected chi connectivity index (χ3v) is 5.42. The molecule has 11 heteroatoms. The van der Waals surface area contributed by atoms with E-state index in [-0.39, 0.29) is 5.13 Å². The largest absolute Gasteiger partial charge is 0.497 e. The molecule has 2 heterocycles. The molecule has 0 spiro atoms. The third kappa shape index (κ3) is 3.61. The molecule has 0 atom stereocenters. The fourth-order valence-electron chi connectivity index (χ4n) is 1.98. The van der Waals surface area contributed by atoms with Gasteiger partial charge in [0.1, 0.15) is 5.75 Å². The second-order valence-electron chi connectivity index (χ2n) is 4.81. The molecule has 0 unspecified atom stereocenters. The molecule has 0 saturated carbocycles. The fraction of sp³-hybridized carbons (Fsp3) is 0.0714. The van der Waals surface area contributed by atoms with Crippen LogP contribution in [0, 0.1) is 0 Å². The van der Waals surface area contributed by atoms with Gasteiger partial charge in [0.2, 0.25) is 0 Å². The van der Waals surface area contributed by atoms with Gasteiger partial charge >= 0.3 is 5.69 Å². The number of aromatic nitrogens is 3. The summed E-state index contributed by atoms with van der Waals surface area (Å²) in [4.78, 5) is 30.2. The summed E-state index contributed by atoms with van der Waals surface area (Å²) in [5.74, 6) is 0.692. The van der Waals surface area contributed by atoms with Crippen LogP contribution in [0.2, 0.25) is 0 Å². The molecule has 1 aromatic carbocycles. The van der Waals surface area contributed by atoms with Crippen LogP contribution in [-0.2, 0) is 10.0 Å². The van der Waals surface area contributed by atoms with E-state index < -0.39 is 26.2 Å². The lowest BCUT2D eigenvalue weighted by atomic mass is 10.2. The summed E-state index contributed by atoms with van der Waals surface area (Å²) in [6, 6.07) is 7.11.